The average molecular weight is 451 g/mol. The highest BCUT2D eigenvalue weighted by molar-refractivity contribution is 5.46. The molecule has 4 rings (SSSR count). The second-order valence-corrected chi connectivity index (χ2v) is 8.42. The lowest BCUT2D eigenvalue weighted by molar-refractivity contribution is 0.257. The number of para-hydroxylation sites is 1. The van der Waals surface area contributed by atoms with Crippen LogP contribution < -0.4 is 19.7 Å². The molecule has 1 aliphatic rings. The zero-order valence-electron chi connectivity index (χ0n) is 19.8. The molecule has 2 heterocycles. The first-order valence-corrected chi connectivity index (χ1v) is 11.6. The first-order valence-electron chi connectivity index (χ1n) is 11.6. The van der Waals surface area contributed by atoms with Crippen LogP contribution in [0.2, 0.25) is 0 Å². The predicted octanol–water partition coefficient (Wildman–Crippen LogP) is 3.79. The topological polar surface area (TPSA) is 63.0 Å². The summed E-state index contributed by atoms with van der Waals surface area (Å²) in [7, 11) is 1.67. The molecular weight excluding hydrogens is 416 g/mol. The van der Waals surface area contributed by atoms with Gasteiger partial charge in [0.25, 0.3) is 0 Å². The molecule has 0 bridgehead atoms. The van der Waals surface area contributed by atoms with Crippen molar-refractivity contribution in [1.82, 2.24) is 15.4 Å². The zero-order chi connectivity index (χ0) is 23.0. The predicted molar refractivity (Wildman–Crippen MR) is 130 cm³/mol. The Morgan fingerprint density at radius 2 is 1.79 bits per heavy atom. The Bertz CT molecular complexity index is 994. The van der Waals surface area contributed by atoms with Gasteiger partial charge in [0.2, 0.25) is 0 Å². The third-order valence-corrected chi connectivity index (χ3v) is 6.21. The fraction of sp³-hybridized carbons (Fsp3) is 0.423. The summed E-state index contributed by atoms with van der Waals surface area (Å²) >= 11 is 0. The fourth-order valence-corrected chi connectivity index (χ4v) is 4.14. The molecule has 7 heteroatoms. The summed E-state index contributed by atoms with van der Waals surface area (Å²) in [6.45, 7) is 11.4. The number of hydrogen-bond donors (Lipinski definition) is 1. The molecule has 176 valence electrons. The Morgan fingerprint density at radius 1 is 1.00 bits per heavy atom. The third-order valence-electron chi connectivity index (χ3n) is 6.21. The standard InChI is InChI=1S/C26H34N4O3/c1-20-24(21(2)33-28-20)19-32-25-10-9-22(17-26(25)31-3)18-27-11-12-29-13-15-30(16-14-29)23-7-5-4-6-8-23/h4-10,17,27H,11-16,18-19H2,1-3H3. The van der Waals surface area contributed by atoms with Crippen molar-refractivity contribution in [2.45, 2.75) is 27.0 Å². The van der Waals surface area contributed by atoms with E-state index in [9.17, 15) is 0 Å². The van der Waals surface area contributed by atoms with Gasteiger partial charge in [0.05, 0.1) is 18.4 Å². The Labute approximate surface area is 196 Å². The Morgan fingerprint density at radius 3 is 2.48 bits per heavy atom. The minimum Gasteiger partial charge on any atom is -0.493 e. The molecule has 3 aromatic rings. The van der Waals surface area contributed by atoms with Gasteiger partial charge < -0.3 is 24.2 Å². The SMILES string of the molecule is COc1cc(CNCCN2CCN(c3ccccc3)CC2)ccc1OCc1c(C)noc1C. The van der Waals surface area contributed by atoms with Crippen LogP contribution in [0, 0.1) is 13.8 Å². The van der Waals surface area contributed by atoms with Crippen LogP contribution in [0.15, 0.2) is 53.1 Å². The van der Waals surface area contributed by atoms with E-state index in [1.54, 1.807) is 7.11 Å². The van der Waals surface area contributed by atoms with E-state index in [0.717, 1.165) is 74.3 Å². The fourth-order valence-electron chi connectivity index (χ4n) is 4.14. The van der Waals surface area contributed by atoms with Crippen LogP contribution in [-0.2, 0) is 13.2 Å². The monoisotopic (exact) mass is 450 g/mol. The summed E-state index contributed by atoms with van der Waals surface area (Å²) in [4.78, 5) is 4.99. The number of ether oxygens (including phenoxy) is 2. The van der Waals surface area contributed by atoms with Gasteiger partial charge in [-0.2, -0.15) is 0 Å². The van der Waals surface area contributed by atoms with Crippen molar-refractivity contribution >= 4 is 5.69 Å². The molecule has 0 aliphatic carbocycles. The van der Waals surface area contributed by atoms with Gasteiger partial charge in [-0.25, -0.2) is 0 Å². The molecule has 0 saturated carbocycles. The molecule has 0 unspecified atom stereocenters. The van der Waals surface area contributed by atoms with Gasteiger partial charge >= 0.3 is 0 Å². The van der Waals surface area contributed by atoms with Crippen LogP contribution >= 0.6 is 0 Å². The maximum absolute atomic E-state index is 5.98. The van der Waals surface area contributed by atoms with E-state index in [4.69, 9.17) is 14.0 Å². The lowest BCUT2D eigenvalue weighted by atomic mass is 10.2. The molecule has 1 aromatic heterocycles. The molecule has 0 radical (unpaired) electrons. The van der Waals surface area contributed by atoms with E-state index >= 15 is 0 Å². The molecule has 2 aromatic carbocycles. The van der Waals surface area contributed by atoms with Crippen molar-refractivity contribution in [3.05, 3.63) is 71.1 Å². The van der Waals surface area contributed by atoms with Gasteiger partial charge in [0, 0.05) is 51.5 Å². The number of piperazine rings is 1. The van der Waals surface area contributed by atoms with Crippen molar-refractivity contribution in [1.29, 1.82) is 0 Å². The quantitative estimate of drug-likeness (QED) is 0.472. The molecule has 1 saturated heterocycles. The van der Waals surface area contributed by atoms with E-state index in [1.165, 1.54) is 11.3 Å². The summed E-state index contributed by atoms with van der Waals surface area (Å²) in [5.74, 6) is 2.24. The number of anilines is 1. The second kappa shape index (κ2) is 11.2. The number of hydrogen-bond acceptors (Lipinski definition) is 7. The van der Waals surface area contributed by atoms with E-state index in [-0.39, 0.29) is 0 Å². The normalized spacial score (nSPS) is 14.5. The molecule has 1 fully saturated rings. The molecule has 33 heavy (non-hydrogen) atoms. The van der Waals surface area contributed by atoms with Crippen LogP contribution in [0.3, 0.4) is 0 Å². The lowest BCUT2D eigenvalue weighted by Crippen LogP contribution is -2.48. The Kier molecular flexibility index (Phi) is 7.86. The minimum atomic E-state index is 0.409. The van der Waals surface area contributed by atoms with Crippen LogP contribution in [0.25, 0.3) is 0 Å². The first-order chi connectivity index (χ1) is 16.1. The highest BCUT2D eigenvalue weighted by Gasteiger charge is 2.16. The van der Waals surface area contributed by atoms with E-state index in [1.807, 2.05) is 26.0 Å². The molecular formula is C26H34N4O3. The lowest BCUT2D eigenvalue weighted by Gasteiger charge is -2.36. The number of methoxy groups -OCH3 is 1. The first kappa shape index (κ1) is 23.1. The summed E-state index contributed by atoms with van der Waals surface area (Å²) in [6, 6.07) is 16.8. The second-order valence-electron chi connectivity index (χ2n) is 8.42. The van der Waals surface area contributed by atoms with Crippen molar-refractivity contribution in [3.63, 3.8) is 0 Å². The maximum Gasteiger partial charge on any atom is 0.161 e. The van der Waals surface area contributed by atoms with Gasteiger partial charge in [0.15, 0.2) is 11.5 Å². The summed E-state index contributed by atoms with van der Waals surface area (Å²) in [6.07, 6.45) is 0. The molecule has 1 N–H and O–H groups in total. The van der Waals surface area contributed by atoms with Gasteiger partial charge in [-0.1, -0.05) is 29.4 Å². The number of nitrogens with one attached hydrogen (secondary N) is 1. The highest BCUT2D eigenvalue weighted by atomic mass is 16.5. The van der Waals surface area contributed by atoms with Gasteiger partial charge in [0.1, 0.15) is 12.4 Å². The Hall–Kier alpha value is -3.03. The number of aromatic nitrogens is 1. The summed E-state index contributed by atoms with van der Waals surface area (Å²) in [5, 5.41) is 7.54. The molecule has 0 amide bonds. The summed E-state index contributed by atoms with van der Waals surface area (Å²) in [5.41, 5.74) is 4.33. The van der Waals surface area contributed by atoms with Crippen molar-refractivity contribution in [2.24, 2.45) is 0 Å². The number of rotatable bonds is 10. The van der Waals surface area contributed by atoms with E-state index in [2.05, 4.69) is 56.7 Å². The zero-order valence-corrected chi connectivity index (χ0v) is 19.8. The third kappa shape index (κ3) is 6.06. The van der Waals surface area contributed by atoms with Gasteiger partial charge in [-0.3, -0.25) is 4.90 Å². The van der Waals surface area contributed by atoms with Crippen LogP contribution in [0.4, 0.5) is 5.69 Å². The van der Waals surface area contributed by atoms with Crippen LogP contribution in [0.1, 0.15) is 22.6 Å². The van der Waals surface area contributed by atoms with Crippen molar-refractivity contribution < 1.29 is 14.0 Å². The smallest absolute Gasteiger partial charge is 0.161 e. The van der Waals surface area contributed by atoms with E-state index in [0.29, 0.717) is 6.61 Å². The highest BCUT2D eigenvalue weighted by Crippen LogP contribution is 2.29. The molecule has 0 atom stereocenters. The Balaban J connectivity index is 1.20. The minimum absolute atomic E-state index is 0.409. The molecule has 7 nitrogen and oxygen atoms in total. The van der Waals surface area contributed by atoms with Gasteiger partial charge in [-0.15, -0.1) is 0 Å². The molecule has 1 aliphatic heterocycles. The number of nitrogens with zero attached hydrogens (tertiary/aromatic N) is 3. The van der Waals surface area contributed by atoms with Crippen molar-refractivity contribution in [2.75, 3.05) is 51.3 Å². The van der Waals surface area contributed by atoms with E-state index < -0.39 is 0 Å². The van der Waals surface area contributed by atoms with Crippen LogP contribution in [-0.4, -0.2) is 56.4 Å². The van der Waals surface area contributed by atoms with Crippen LogP contribution in [0.5, 0.6) is 11.5 Å². The van der Waals surface area contributed by atoms with Crippen molar-refractivity contribution in [3.8, 4) is 11.5 Å². The number of aryl methyl sites for hydroxylation is 2. The molecule has 0 spiro atoms. The maximum atomic E-state index is 5.98. The largest absolute Gasteiger partial charge is 0.493 e. The number of benzene rings is 2. The summed E-state index contributed by atoms with van der Waals surface area (Å²) < 4.78 is 16.7. The average Bonchev–Trinajstić information content (AvgIpc) is 3.18. The van der Waals surface area contributed by atoms with Gasteiger partial charge in [-0.05, 0) is 43.7 Å².